The van der Waals surface area contributed by atoms with E-state index in [4.69, 9.17) is 9.47 Å². The van der Waals surface area contributed by atoms with E-state index in [1.165, 1.54) is 24.3 Å². The molecule has 35 heavy (non-hydrogen) atoms. The minimum absolute atomic E-state index is 0. The van der Waals surface area contributed by atoms with Gasteiger partial charge in [-0.25, -0.2) is 4.39 Å². The van der Waals surface area contributed by atoms with Crippen molar-refractivity contribution in [2.45, 2.75) is 50.0 Å². The summed E-state index contributed by atoms with van der Waals surface area (Å²) in [5.74, 6) is -0.368. The van der Waals surface area contributed by atoms with Gasteiger partial charge in [0.15, 0.2) is 0 Å². The van der Waals surface area contributed by atoms with Crippen LogP contribution < -0.4 is 10.1 Å². The predicted molar refractivity (Wildman–Crippen MR) is 125 cm³/mol. The molecule has 192 valence electrons. The van der Waals surface area contributed by atoms with Crippen LogP contribution in [0.4, 0.5) is 17.6 Å². The summed E-state index contributed by atoms with van der Waals surface area (Å²) in [7, 11) is 0. The first-order valence-corrected chi connectivity index (χ1v) is 11.4. The molecule has 2 aromatic carbocycles. The fourth-order valence-corrected chi connectivity index (χ4v) is 4.74. The van der Waals surface area contributed by atoms with Crippen molar-refractivity contribution in [2.24, 2.45) is 0 Å². The van der Waals surface area contributed by atoms with Crippen LogP contribution in [0.2, 0.25) is 0 Å². The first kappa shape index (κ1) is 27.2. The Morgan fingerprint density at radius 2 is 1.89 bits per heavy atom. The second-order valence-electron chi connectivity index (χ2n) is 8.89. The molecule has 0 spiro atoms. The molecule has 0 saturated carbocycles. The highest BCUT2D eigenvalue weighted by Gasteiger charge is 2.48. The lowest BCUT2D eigenvalue weighted by Crippen LogP contribution is -2.61. The van der Waals surface area contributed by atoms with Crippen molar-refractivity contribution in [3.8, 4) is 5.75 Å². The van der Waals surface area contributed by atoms with E-state index in [0.717, 1.165) is 12.1 Å². The topological polar surface area (TPSA) is 50.8 Å². The van der Waals surface area contributed by atoms with Crippen LogP contribution in [0.3, 0.4) is 0 Å². The smallest absolute Gasteiger partial charge is 0.416 e. The number of rotatable bonds is 6. The lowest BCUT2D eigenvalue weighted by Gasteiger charge is -2.43. The van der Waals surface area contributed by atoms with Crippen LogP contribution in [0, 0.1) is 5.82 Å². The van der Waals surface area contributed by atoms with Crippen LogP contribution in [0.25, 0.3) is 0 Å². The SMILES string of the molecule is C[C@H](NC(=O)C1(N2CC[C@@H](Oc3cccc(C(F)(F)F)c3)C2)CCOCC1)c1cccc(F)c1.Cl. The van der Waals surface area contributed by atoms with Gasteiger partial charge in [0.2, 0.25) is 5.91 Å². The second-order valence-corrected chi connectivity index (χ2v) is 8.89. The largest absolute Gasteiger partial charge is 0.489 e. The van der Waals surface area contributed by atoms with Crippen molar-refractivity contribution in [1.29, 1.82) is 0 Å². The number of nitrogens with one attached hydrogen (secondary N) is 1. The molecule has 0 aliphatic carbocycles. The summed E-state index contributed by atoms with van der Waals surface area (Å²) in [4.78, 5) is 15.6. The van der Waals surface area contributed by atoms with E-state index >= 15 is 0 Å². The van der Waals surface area contributed by atoms with E-state index in [0.29, 0.717) is 51.1 Å². The van der Waals surface area contributed by atoms with Crippen LogP contribution in [0.5, 0.6) is 5.75 Å². The molecule has 10 heteroatoms. The Balaban J connectivity index is 0.00000342. The number of nitrogens with zero attached hydrogens (tertiary/aromatic N) is 1. The zero-order valence-corrected chi connectivity index (χ0v) is 20.1. The minimum Gasteiger partial charge on any atom is -0.489 e. The fourth-order valence-electron chi connectivity index (χ4n) is 4.74. The van der Waals surface area contributed by atoms with E-state index < -0.39 is 17.3 Å². The molecule has 4 rings (SSSR count). The summed E-state index contributed by atoms with van der Waals surface area (Å²) in [6, 6.07) is 10.6. The Hall–Kier alpha value is -2.36. The van der Waals surface area contributed by atoms with Gasteiger partial charge < -0.3 is 14.8 Å². The summed E-state index contributed by atoms with van der Waals surface area (Å²) in [6.45, 7) is 3.65. The van der Waals surface area contributed by atoms with Gasteiger partial charge in [0, 0.05) is 26.3 Å². The highest BCUT2D eigenvalue weighted by atomic mass is 35.5. The summed E-state index contributed by atoms with van der Waals surface area (Å²) >= 11 is 0. The van der Waals surface area contributed by atoms with E-state index in [-0.39, 0.29) is 42.0 Å². The van der Waals surface area contributed by atoms with E-state index in [1.807, 2.05) is 6.92 Å². The van der Waals surface area contributed by atoms with E-state index in [9.17, 15) is 22.4 Å². The van der Waals surface area contributed by atoms with Gasteiger partial charge in [-0.05, 0) is 62.1 Å². The number of halogens is 5. The van der Waals surface area contributed by atoms with Crippen molar-refractivity contribution in [1.82, 2.24) is 10.2 Å². The van der Waals surface area contributed by atoms with Gasteiger partial charge in [0.25, 0.3) is 0 Å². The van der Waals surface area contributed by atoms with Crippen molar-refractivity contribution < 1.29 is 31.8 Å². The molecule has 0 radical (unpaired) electrons. The standard InChI is InChI=1S/C25H28F4N2O3.ClH/c1-17(18-4-2-6-20(26)14-18)30-23(32)24(9-12-33-13-10-24)31-11-8-22(16-31)34-21-7-3-5-19(15-21)25(27,28)29;/h2-7,14-15,17,22H,8-13,16H2,1H3,(H,30,32);1H/t17-,22+;/m0./s1. The number of hydrogen-bond donors (Lipinski definition) is 1. The number of likely N-dealkylation sites (tertiary alicyclic amines) is 1. The monoisotopic (exact) mass is 516 g/mol. The number of carbonyl (C=O) groups excluding carboxylic acids is 1. The Labute approximate surface area is 208 Å². The zero-order chi connectivity index (χ0) is 24.3. The molecule has 2 heterocycles. The van der Waals surface area contributed by atoms with Gasteiger partial charge in [0.1, 0.15) is 23.2 Å². The molecule has 1 N–H and O–H groups in total. The molecule has 2 aromatic rings. The van der Waals surface area contributed by atoms with Crippen molar-refractivity contribution >= 4 is 18.3 Å². The van der Waals surface area contributed by atoms with Crippen LogP contribution in [-0.4, -0.2) is 48.8 Å². The Morgan fingerprint density at radius 3 is 2.57 bits per heavy atom. The molecule has 5 nitrogen and oxygen atoms in total. The molecule has 2 aliphatic heterocycles. The molecule has 2 atom stereocenters. The lowest BCUT2D eigenvalue weighted by atomic mass is 9.86. The van der Waals surface area contributed by atoms with Gasteiger partial charge in [-0.2, -0.15) is 13.2 Å². The molecule has 1 amide bonds. The zero-order valence-electron chi connectivity index (χ0n) is 19.3. The second kappa shape index (κ2) is 11.1. The molecular weight excluding hydrogens is 488 g/mol. The average Bonchev–Trinajstić information content (AvgIpc) is 3.28. The van der Waals surface area contributed by atoms with E-state index in [1.54, 1.807) is 12.1 Å². The van der Waals surface area contributed by atoms with Gasteiger partial charge in [-0.15, -0.1) is 12.4 Å². The van der Waals surface area contributed by atoms with Crippen LogP contribution >= 0.6 is 12.4 Å². The van der Waals surface area contributed by atoms with Gasteiger partial charge in [0.05, 0.1) is 11.6 Å². The van der Waals surface area contributed by atoms with Gasteiger partial charge in [-0.1, -0.05) is 18.2 Å². The number of hydrogen-bond acceptors (Lipinski definition) is 4. The van der Waals surface area contributed by atoms with Gasteiger partial charge in [-0.3, -0.25) is 9.69 Å². The molecule has 2 aliphatic rings. The molecular formula is C25H29ClF4N2O3. The highest BCUT2D eigenvalue weighted by molar-refractivity contribution is 5.87. The molecule has 0 unspecified atom stereocenters. The molecule has 2 fully saturated rings. The number of ether oxygens (including phenoxy) is 2. The minimum atomic E-state index is -4.44. The maximum atomic E-state index is 13.6. The molecule has 0 aromatic heterocycles. The van der Waals surface area contributed by atoms with E-state index in [2.05, 4.69) is 10.2 Å². The first-order chi connectivity index (χ1) is 16.2. The summed E-state index contributed by atoms with van der Waals surface area (Å²) in [5, 5.41) is 3.03. The Kier molecular flexibility index (Phi) is 8.67. The maximum Gasteiger partial charge on any atom is 0.416 e. The third-order valence-corrected chi connectivity index (χ3v) is 6.65. The first-order valence-electron chi connectivity index (χ1n) is 11.4. The third kappa shape index (κ3) is 6.26. The number of benzene rings is 2. The lowest BCUT2D eigenvalue weighted by molar-refractivity contribution is -0.141. The van der Waals surface area contributed by atoms with Crippen molar-refractivity contribution in [3.05, 3.63) is 65.5 Å². The van der Waals surface area contributed by atoms with Crippen LogP contribution in [0.15, 0.2) is 48.5 Å². The quantitative estimate of drug-likeness (QED) is 0.540. The number of amides is 1. The van der Waals surface area contributed by atoms with Gasteiger partial charge >= 0.3 is 6.18 Å². The molecule has 2 saturated heterocycles. The normalized spacial score (nSPS) is 21.1. The van der Waals surface area contributed by atoms with Crippen LogP contribution in [-0.2, 0) is 15.7 Å². The van der Waals surface area contributed by atoms with Crippen molar-refractivity contribution in [3.63, 3.8) is 0 Å². The fraction of sp³-hybridized carbons (Fsp3) is 0.480. The summed E-state index contributed by atoms with van der Waals surface area (Å²) < 4.78 is 64.1. The maximum absolute atomic E-state index is 13.6. The highest BCUT2D eigenvalue weighted by Crippen LogP contribution is 2.35. The third-order valence-electron chi connectivity index (χ3n) is 6.65. The summed E-state index contributed by atoms with van der Waals surface area (Å²) in [5.41, 5.74) is -0.902. The number of carbonyl (C=O) groups is 1. The van der Waals surface area contributed by atoms with Crippen molar-refractivity contribution in [2.75, 3.05) is 26.3 Å². The Bertz CT molecular complexity index is 1010. The van der Waals surface area contributed by atoms with Crippen LogP contribution in [0.1, 0.15) is 43.4 Å². The summed E-state index contributed by atoms with van der Waals surface area (Å²) in [6.07, 6.45) is -3.21. The Morgan fingerprint density at radius 1 is 1.17 bits per heavy atom. The predicted octanol–water partition coefficient (Wildman–Crippen LogP) is 5.15. The average molecular weight is 517 g/mol. The number of alkyl halides is 3. The molecule has 0 bridgehead atoms.